The van der Waals surface area contributed by atoms with Crippen LogP contribution in [0.5, 0.6) is 11.5 Å². The molecule has 0 saturated heterocycles. The van der Waals surface area contributed by atoms with Gasteiger partial charge in [0.2, 0.25) is 0 Å². The number of benzene rings is 2. The highest BCUT2D eigenvalue weighted by atomic mass is 19.1. The maximum Gasteiger partial charge on any atom is 0.333 e. The zero-order valence-electron chi connectivity index (χ0n) is 17.4. The van der Waals surface area contributed by atoms with E-state index in [0.717, 1.165) is 16.7 Å². The summed E-state index contributed by atoms with van der Waals surface area (Å²) in [6.45, 7) is 7.23. The van der Waals surface area contributed by atoms with Gasteiger partial charge in [0.15, 0.2) is 12.3 Å². The van der Waals surface area contributed by atoms with Gasteiger partial charge in [0.05, 0.1) is 6.10 Å². The Morgan fingerprint density at radius 3 is 2.45 bits per heavy atom. The first-order valence-corrected chi connectivity index (χ1v) is 9.68. The highest BCUT2D eigenvalue weighted by Crippen LogP contribution is 2.20. The van der Waals surface area contributed by atoms with Crippen molar-refractivity contribution in [1.82, 2.24) is 0 Å². The number of alkyl halides is 1. The van der Waals surface area contributed by atoms with Crippen molar-refractivity contribution in [3.63, 3.8) is 0 Å². The molecule has 0 unspecified atom stereocenters. The summed E-state index contributed by atoms with van der Waals surface area (Å²) in [6, 6.07) is 12.7. The second kappa shape index (κ2) is 10.8. The molecule has 0 fully saturated rings. The van der Waals surface area contributed by atoms with Crippen LogP contribution in [-0.2, 0) is 16.0 Å². The maximum absolute atomic E-state index is 14.2. The number of carbonyl (C=O) groups is 1. The first-order valence-electron chi connectivity index (χ1n) is 9.68. The third kappa shape index (κ3) is 7.74. The van der Waals surface area contributed by atoms with Crippen molar-refractivity contribution in [1.29, 1.82) is 0 Å². The standard InChI is InChI=1S/C23H29FO5/c1-15(2)29-22(23(25)26)12-18-6-5-7-20(11-18)27-13-19(24)14-28-21-9-8-16(3)10-17(21)4/h5-11,15,19,22H,12-14H2,1-4H3,(H,25,26)/t19-,22-/m0/s1. The lowest BCUT2D eigenvalue weighted by atomic mass is 10.1. The van der Waals surface area contributed by atoms with Gasteiger partial charge in [-0.15, -0.1) is 0 Å². The quantitative estimate of drug-likeness (QED) is 0.597. The maximum atomic E-state index is 14.2. The van der Waals surface area contributed by atoms with E-state index in [1.807, 2.05) is 32.0 Å². The molecule has 0 aliphatic rings. The molecule has 1 N–H and O–H groups in total. The average Bonchev–Trinajstić information content (AvgIpc) is 2.65. The zero-order chi connectivity index (χ0) is 21.4. The molecule has 0 amide bonds. The summed E-state index contributed by atoms with van der Waals surface area (Å²) in [6.07, 6.45) is -2.22. The summed E-state index contributed by atoms with van der Waals surface area (Å²) in [5, 5.41) is 9.30. The summed E-state index contributed by atoms with van der Waals surface area (Å²) < 4.78 is 30.7. The van der Waals surface area contributed by atoms with Crippen LogP contribution in [-0.4, -0.2) is 42.7 Å². The molecule has 0 saturated carbocycles. The van der Waals surface area contributed by atoms with Gasteiger partial charge in [0.25, 0.3) is 0 Å². The lowest BCUT2D eigenvalue weighted by molar-refractivity contribution is -0.153. The molecule has 0 aromatic heterocycles. The van der Waals surface area contributed by atoms with E-state index in [-0.39, 0.29) is 25.7 Å². The Bertz CT molecular complexity index is 806. The van der Waals surface area contributed by atoms with Crippen LogP contribution in [0.4, 0.5) is 4.39 Å². The first kappa shape index (κ1) is 22.7. The molecule has 0 bridgehead atoms. The summed E-state index contributed by atoms with van der Waals surface area (Å²) in [5.74, 6) is 0.118. The third-order valence-electron chi connectivity index (χ3n) is 4.21. The summed E-state index contributed by atoms with van der Waals surface area (Å²) >= 11 is 0. The molecule has 29 heavy (non-hydrogen) atoms. The van der Waals surface area contributed by atoms with Crippen molar-refractivity contribution in [3.05, 3.63) is 59.2 Å². The normalized spacial score (nSPS) is 13.2. The van der Waals surface area contributed by atoms with Crippen LogP contribution in [0.15, 0.2) is 42.5 Å². The summed E-state index contributed by atoms with van der Waals surface area (Å²) in [4.78, 5) is 11.4. The second-order valence-corrected chi connectivity index (χ2v) is 7.35. The van der Waals surface area contributed by atoms with E-state index in [0.29, 0.717) is 11.5 Å². The van der Waals surface area contributed by atoms with Crippen LogP contribution >= 0.6 is 0 Å². The fourth-order valence-electron chi connectivity index (χ4n) is 2.87. The molecule has 2 aromatic rings. The van der Waals surface area contributed by atoms with E-state index in [9.17, 15) is 14.3 Å². The van der Waals surface area contributed by atoms with E-state index in [4.69, 9.17) is 14.2 Å². The molecule has 2 atom stereocenters. The number of ether oxygens (including phenoxy) is 3. The Kier molecular flexibility index (Phi) is 8.46. The number of carboxylic acids is 1. The predicted molar refractivity (Wildman–Crippen MR) is 110 cm³/mol. The van der Waals surface area contributed by atoms with Crippen molar-refractivity contribution < 1.29 is 28.5 Å². The van der Waals surface area contributed by atoms with Gasteiger partial charge in [0, 0.05) is 6.42 Å². The molecular formula is C23H29FO5. The van der Waals surface area contributed by atoms with Gasteiger partial charge in [-0.25, -0.2) is 9.18 Å². The monoisotopic (exact) mass is 404 g/mol. The topological polar surface area (TPSA) is 65.0 Å². The zero-order valence-corrected chi connectivity index (χ0v) is 17.4. The lowest BCUT2D eigenvalue weighted by Gasteiger charge is -2.17. The molecule has 158 valence electrons. The van der Waals surface area contributed by atoms with Gasteiger partial charge in [-0.3, -0.25) is 0 Å². The molecular weight excluding hydrogens is 375 g/mol. The highest BCUT2D eigenvalue weighted by Gasteiger charge is 2.20. The van der Waals surface area contributed by atoms with Crippen molar-refractivity contribution in [3.8, 4) is 11.5 Å². The molecule has 2 aromatic carbocycles. The van der Waals surface area contributed by atoms with Gasteiger partial charge in [-0.1, -0.05) is 29.8 Å². The van der Waals surface area contributed by atoms with Crippen LogP contribution in [0.2, 0.25) is 0 Å². The predicted octanol–water partition coefficient (Wildman–Crippen LogP) is 4.52. The van der Waals surface area contributed by atoms with E-state index in [1.165, 1.54) is 0 Å². The minimum absolute atomic E-state index is 0.104. The highest BCUT2D eigenvalue weighted by molar-refractivity contribution is 5.72. The lowest BCUT2D eigenvalue weighted by Crippen LogP contribution is -2.29. The number of hydrogen-bond donors (Lipinski definition) is 1. The van der Waals surface area contributed by atoms with Crippen molar-refractivity contribution in [2.24, 2.45) is 0 Å². The molecule has 0 heterocycles. The second-order valence-electron chi connectivity index (χ2n) is 7.35. The van der Waals surface area contributed by atoms with Crippen molar-refractivity contribution in [2.75, 3.05) is 13.2 Å². The van der Waals surface area contributed by atoms with Crippen LogP contribution in [0.1, 0.15) is 30.5 Å². The van der Waals surface area contributed by atoms with Crippen LogP contribution < -0.4 is 9.47 Å². The molecule has 5 nitrogen and oxygen atoms in total. The Morgan fingerprint density at radius 1 is 1.07 bits per heavy atom. The molecule has 0 aliphatic heterocycles. The minimum Gasteiger partial charge on any atom is -0.490 e. The number of rotatable bonds is 11. The van der Waals surface area contributed by atoms with Gasteiger partial charge < -0.3 is 19.3 Å². The Hall–Kier alpha value is -2.60. The van der Waals surface area contributed by atoms with Crippen LogP contribution in [0, 0.1) is 13.8 Å². The number of hydrogen-bond acceptors (Lipinski definition) is 4. The van der Waals surface area contributed by atoms with E-state index in [2.05, 4.69) is 0 Å². The van der Waals surface area contributed by atoms with Gasteiger partial charge in [-0.2, -0.15) is 0 Å². The SMILES string of the molecule is Cc1ccc(OC[C@@H](F)COc2cccc(C[C@H](OC(C)C)C(=O)O)c2)c(C)c1. The average molecular weight is 404 g/mol. The molecule has 2 rings (SSSR count). The number of carboxylic acid groups (broad SMARTS) is 1. The van der Waals surface area contributed by atoms with Crippen molar-refractivity contribution in [2.45, 2.75) is 52.5 Å². The molecule has 0 spiro atoms. The first-order chi connectivity index (χ1) is 13.7. The third-order valence-corrected chi connectivity index (χ3v) is 4.21. The molecule has 6 heteroatoms. The van der Waals surface area contributed by atoms with Gasteiger partial charge in [-0.05, 0) is 57.0 Å². The fourth-order valence-corrected chi connectivity index (χ4v) is 2.87. The van der Waals surface area contributed by atoms with E-state index in [1.54, 1.807) is 38.1 Å². The van der Waals surface area contributed by atoms with Crippen LogP contribution in [0.25, 0.3) is 0 Å². The fraction of sp³-hybridized carbons (Fsp3) is 0.435. The minimum atomic E-state index is -1.30. The number of aliphatic carboxylic acids is 1. The summed E-state index contributed by atoms with van der Waals surface area (Å²) in [5.41, 5.74) is 2.83. The number of halogens is 1. The van der Waals surface area contributed by atoms with E-state index < -0.39 is 18.2 Å². The molecule has 0 aliphatic carbocycles. The van der Waals surface area contributed by atoms with Crippen molar-refractivity contribution >= 4 is 5.97 Å². The summed E-state index contributed by atoms with van der Waals surface area (Å²) in [7, 11) is 0. The Labute approximate surface area is 171 Å². The van der Waals surface area contributed by atoms with E-state index >= 15 is 0 Å². The smallest absolute Gasteiger partial charge is 0.333 e. The van der Waals surface area contributed by atoms with Gasteiger partial charge in [0.1, 0.15) is 24.7 Å². The Balaban J connectivity index is 1.87. The largest absolute Gasteiger partial charge is 0.490 e. The van der Waals surface area contributed by atoms with Gasteiger partial charge >= 0.3 is 5.97 Å². The molecule has 0 radical (unpaired) electrons. The number of aryl methyl sites for hydroxylation is 2. The van der Waals surface area contributed by atoms with Crippen LogP contribution in [0.3, 0.4) is 0 Å². The Morgan fingerprint density at radius 2 is 1.79 bits per heavy atom.